The van der Waals surface area contributed by atoms with Gasteiger partial charge in [0.15, 0.2) is 0 Å². The van der Waals surface area contributed by atoms with Crippen LogP contribution in [0, 0.1) is 6.92 Å². The van der Waals surface area contributed by atoms with Crippen molar-refractivity contribution in [1.82, 2.24) is 5.32 Å². The van der Waals surface area contributed by atoms with E-state index in [0.29, 0.717) is 5.56 Å². The predicted molar refractivity (Wildman–Crippen MR) is 96.4 cm³/mol. The van der Waals surface area contributed by atoms with Gasteiger partial charge in [-0.3, -0.25) is 4.79 Å². The topological polar surface area (TPSA) is 38.3 Å². The molecule has 24 heavy (non-hydrogen) atoms. The number of hydrogen-bond acceptors (Lipinski definition) is 2. The van der Waals surface area contributed by atoms with Gasteiger partial charge in [0.1, 0.15) is 11.4 Å². The molecule has 2 aromatic rings. The van der Waals surface area contributed by atoms with E-state index in [4.69, 9.17) is 4.74 Å². The lowest BCUT2D eigenvalue weighted by Crippen LogP contribution is -2.44. The van der Waals surface area contributed by atoms with Crippen LogP contribution >= 0.6 is 0 Å². The fourth-order valence-electron chi connectivity index (χ4n) is 3.46. The van der Waals surface area contributed by atoms with Crippen LogP contribution in [0.4, 0.5) is 0 Å². The standard InChI is InChI=1S/C21H25NO2/c1-4-21(5-2)14-18(17-11-6-7-12-19(17)24-21)22-20(23)16-10-8-9-15(3)13-16/h6-13,18H,4-5,14H2,1-3H3,(H,22,23)/t18-/m1/s1. The van der Waals surface area contributed by atoms with Gasteiger partial charge in [-0.15, -0.1) is 0 Å². The molecule has 0 unspecified atom stereocenters. The Balaban J connectivity index is 1.90. The van der Waals surface area contributed by atoms with Crippen molar-refractivity contribution in [1.29, 1.82) is 0 Å². The van der Waals surface area contributed by atoms with Crippen molar-refractivity contribution in [3.05, 3.63) is 65.2 Å². The highest BCUT2D eigenvalue weighted by atomic mass is 16.5. The van der Waals surface area contributed by atoms with Crippen molar-refractivity contribution >= 4 is 5.91 Å². The molecular formula is C21H25NO2. The first kappa shape index (κ1) is 16.6. The van der Waals surface area contributed by atoms with Crippen molar-refractivity contribution in [2.24, 2.45) is 0 Å². The molecule has 126 valence electrons. The second kappa shape index (κ2) is 6.68. The highest BCUT2D eigenvalue weighted by Gasteiger charge is 2.38. The maximum Gasteiger partial charge on any atom is 0.251 e. The molecule has 0 saturated heterocycles. The van der Waals surface area contributed by atoms with Gasteiger partial charge < -0.3 is 10.1 Å². The molecule has 0 fully saturated rings. The molecule has 1 aliphatic rings. The summed E-state index contributed by atoms with van der Waals surface area (Å²) in [5, 5.41) is 3.22. The molecular weight excluding hydrogens is 298 g/mol. The maximum atomic E-state index is 12.7. The summed E-state index contributed by atoms with van der Waals surface area (Å²) in [5.74, 6) is 0.864. The van der Waals surface area contributed by atoms with Gasteiger partial charge in [-0.25, -0.2) is 0 Å². The molecule has 0 aliphatic carbocycles. The Morgan fingerprint density at radius 1 is 1.17 bits per heavy atom. The minimum absolute atomic E-state index is 0.0251. The van der Waals surface area contributed by atoms with Crippen molar-refractivity contribution in [2.45, 2.75) is 51.7 Å². The third-order valence-corrected chi connectivity index (χ3v) is 5.07. The number of aryl methyl sites for hydroxylation is 1. The lowest BCUT2D eigenvalue weighted by molar-refractivity contribution is 0.0227. The maximum absolute atomic E-state index is 12.7. The summed E-state index contributed by atoms with van der Waals surface area (Å²) in [6.07, 6.45) is 2.65. The van der Waals surface area contributed by atoms with Gasteiger partial charge in [-0.05, 0) is 38.0 Å². The van der Waals surface area contributed by atoms with E-state index in [1.54, 1.807) is 0 Å². The molecule has 3 heteroatoms. The third-order valence-electron chi connectivity index (χ3n) is 5.07. The van der Waals surface area contributed by atoms with E-state index >= 15 is 0 Å². The summed E-state index contributed by atoms with van der Waals surface area (Å²) in [6, 6.07) is 15.7. The molecule has 0 aromatic heterocycles. The second-order valence-electron chi connectivity index (χ2n) is 6.63. The van der Waals surface area contributed by atoms with Gasteiger partial charge in [-0.1, -0.05) is 49.7 Å². The van der Waals surface area contributed by atoms with Gasteiger partial charge in [0.2, 0.25) is 0 Å². The number of benzene rings is 2. The largest absolute Gasteiger partial charge is 0.487 e. The molecule has 1 amide bonds. The lowest BCUT2D eigenvalue weighted by Gasteiger charge is -2.41. The van der Waals surface area contributed by atoms with Gasteiger partial charge >= 0.3 is 0 Å². The number of carbonyl (C=O) groups excluding carboxylic acids is 1. The Hall–Kier alpha value is -2.29. The molecule has 0 saturated carbocycles. The lowest BCUT2D eigenvalue weighted by atomic mass is 9.83. The SMILES string of the molecule is CCC1(CC)C[C@@H](NC(=O)c2cccc(C)c2)c2ccccc2O1. The van der Waals surface area contributed by atoms with E-state index in [2.05, 4.69) is 19.2 Å². The number of ether oxygens (including phenoxy) is 1. The number of rotatable bonds is 4. The Kier molecular flexibility index (Phi) is 4.61. The number of para-hydroxylation sites is 1. The van der Waals surface area contributed by atoms with Crippen LogP contribution in [0.1, 0.15) is 60.6 Å². The molecule has 1 heterocycles. The summed E-state index contributed by atoms with van der Waals surface area (Å²) in [7, 11) is 0. The first-order valence-corrected chi connectivity index (χ1v) is 8.72. The number of fused-ring (bicyclic) bond motifs is 1. The third kappa shape index (κ3) is 3.16. The first-order valence-electron chi connectivity index (χ1n) is 8.72. The smallest absolute Gasteiger partial charge is 0.251 e. The van der Waals surface area contributed by atoms with Crippen LogP contribution in [-0.2, 0) is 0 Å². The molecule has 2 aromatic carbocycles. The summed E-state index contributed by atoms with van der Waals surface area (Å²) in [6.45, 7) is 6.30. The average molecular weight is 323 g/mol. The molecule has 0 radical (unpaired) electrons. The molecule has 0 spiro atoms. The zero-order valence-electron chi connectivity index (χ0n) is 14.6. The number of nitrogens with one attached hydrogen (secondary N) is 1. The van der Waals surface area contributed by atoms with Crippen molar-refractivity contribution in [2.75, 3.05) is 0 Å². The summed E-state index contributed by atoms with van der Waals surface area (Å²) in [4.78, 5) is 12.7. The van der Waals surface area contributed by atoms with E-state index in [9.17, 15) is 4.79 Å². The summed E-state index contributed by atoms with van der Waals surface area (Å²) < 4.78 is 6.30. The van der Waals surface area contributed by atoms with Crippen LogP contribution in [0.2, 0.25) is 0 Å². The highest BCUT2D eigenvalue weighted by Crippen LogP contribution is 2.42. The van der Waals surface area contributed by atoms with Crippen LogP contribution in [0.15, 0.2) is 48.5 Å². The van der Waals surface area contributed by atoms with Crippen molar-refractivity contribution < 1.29 is 9.53 Å². The van der Waals surface area contributed by atoms with E-state index < -0.39 is 0 Å². The van der Waals surface area contributed by atoms with E-state index in [1.165, 1.54) is 0 Å². The number of carbonyl (C=O) groups is 1. The number of hydrogen-bond donors (Lipinski definition) is 1. The average Bonchev–Trinajstić information content (AvgIpc) is 2.61. The number of amides is 1. The molecule has 1 atom stereocenters. The zero-order valence-corrected chi connectivity index (χ0v) is 14.6. The Morgan fingerprint density at radius 3 is 2.62 bits per heavy atom. The van der Waals surface area contributed by atoms with Crippen LogP contribution < -0.4 is 10.1 Å². The molecule has 0 bridgehead atoms. The van der Waals surface area contributed by atoms with E-state index in [0.717, 1.165) is 36.1 Å². The molecule has 3 nitrogen and oxygen atoms in total. The molecule has 3 rings (SSSR count). The van der Waals surface area contributed by atoms with Crippen molar-refractivity contribution in [3.63, 3.8) is 0 Å². The van der Waals surface area contributed by atoms with Gasteiger partial charge in [0.25, 0.3) is 5.91 Å². The van der Waals surface area contributed by atoms with E-state index in [1.807, 2.05) is 55.5 Å². The Bertz CT molecular complexity index is 734. The van der Waals surface area contributed by atoms with Crippen LogP contribution in [-0.4, -0.2) is 11.5 Å². The van der Waals surface area contributed by atoms with Crippen LogP contribution in [0.3, 0.4) is 0 Å². The zero-order chi connectivity index (χ0) is 17.2. The van der Waals surface area contributed by atoms with Crippen LogP contribution in [0.25, 0.3) is 0 Å². The Labute approximate surface area is 144 Å². The quantitative estimate of drug-likeness (QED) is 0.877. The normalized spacial score (nSPS) is 18.4. The predicted octanol–water partition coefficient (Wildman–Crippen LogP) is 4.81. The summed E-state index contributed by atoms with van der Waals surface area (Å²) >= 11 is 0. The molecule has 1 N–H and O–H groups in total. The highest BCUT2D eigenvalue weighted by molar-refractivity contribution is 5.94. The fourth-order valence-corrected chi connectivity index (χ4v) is 3.46. The minimum Gasteiger partial charge on any atom is -0.487 e. The Morgan fingerprint density at radius 2 is 1.92 bits per heavy atom. The molecule has 1 aliphatic heterocycles. The van der Waals surface area contributed by atoms with Crippen LogP contribution in [0.5, 0.6) is 5.75 Å². The minimum atomic E-state index is -0.209. The fraction of sp³-hybridized carbons (Fsp3) is 0.381. The monoisotopic (exact) mass is 323 g/mol. The van der Waals surface area contributed by atoms with Gasteiger partial charge in [0.05, 0.1) is 6.04 Å². The van der Waals surface area contributed by atoms with E-state index in [-0.39, 0.29) is 17.6 Å². The van der Waals surface area contributed by atoms with Gasteiger partial charge in [-0.2, -0.15) is 0 Å². The summed E-state index contributed by atoms with van der Waals surface area (Å²) in [5.41, 5.74) is 2.65. The van der Waals surface area contributed by atoms with Gasteiger partial charge in [0, 0.05) is 17.5 Å². The second-order valence-corrected chi connectivity index (χ2v) is 6.63. The van der Waals surface area contributed by atoms with Crippen molar-refractivity contribution in [3.8, 4) is 5.75 Å². The first-order chi connectivity index (χ1) is 11.6.